The lowest BCUT2D eigenvalue weighted by molar-refractivity contribution is 0.0902. The Morgan fingerprint density at radius 1 is 1.63 bits per heavy atom. The molecule has 0 aromatic carbocycles. The second kappa shape index (κ2) is 5.58. The maximum absolute atomic E-state index is 12.3. The zero-order valence-electron chi connectivity index (χ0n) is 11.0. The highest BCUT2D eigenvalue weighted by Crippen LogP contribution is 2.21. The van der Waals surface area contributed by atoms with Crippen LogP contribution in [0.5, 0.6) is 0 Å². The molecule has 1 aliphatic rings. The molecule has 2 heterocycles. The molecule has 0 spiro atoms. The number of aromatic amines is 1. The van der Waals surface area contributed by atoms with Gasteiger partial charge in [0.05, 0.1) is 18.4 Å². The second-order valence-electron chi connectivity index (χ2n) is 4.74. The van der Waals surface area contributed by atoms with Crippen LogP contribution in [-0.4, -0.2) is 42.5 Å². The van der Waals surface area contributed by atoms with Gasteiger partial charge in [0.25, 0.3) is 0 Å². The summed E-state index contributed by atoms with van der Waals surface area (Å²) >= 11 is 0. The number of sulfonamides is 1. The molecule has 0 amide bonds. The van der Waals surface area contributed by atoms with E-state index in [1.807, 2.05) is 0 Å². The van der Waals surface area contributed by atoms with Crippen LogP contribution in [0.15, 0.2) is 4.90 Å². The van der Waals surface area contributed by atoms with Gasteiger partial charge in [-0.3, -0.25) is 5.10 Å². The second-order valence-corrected chi connectivity index (χ2v) is 6.39. The number of aliphatic hydroxyl groups excluding tert-OH is 1. The smallest absolute Gasteiger partial charge is 0.244 e. The first-order valence-electron chi connectivity index (χ1n) is 6.24. The minimum absolute atomic E-state index is 0.0276. The van der Waals surface area contributed by atoms with E-state index in [-0.39, 0.29) is 22.7 Å². The molecule has 108 valence electrons. The van der Waals surface area contributed by atoms with Crippen LogP contribution in [0.1, 0.15) is 31.2 Å². The normalized spacial score (nSPS) is 21.7. The monoisotopic (exact) mass is 289 g/mol. The highest BCUT2D eigenvalue weighted by Gasteiger charge is 2.30. The third-order valence-corrected chi connectivity index (χ3v) is 5.00. The largest absolute Gasteiger partial charge is 0.390 e. The molecule has 1 aliphatic heterocycles. The molecular weight excluding hydrogens is 270 g/mol. The summed E-state index contributed by atoms with van der Waals surface area (Å²) < 4.78 is 32.7. The molecule has 0 aliphatic carbocycles. The van der Waals surface area contributed by atoms with Gasteiger partial charge in [0.1, 0.15) is 10.6 Å². The fourth-order valence-electron chi connectivity index (χ4n) is 2.31. The van der Waals surface area contributed by atoms with Gasteiger partial charge in [0.2, 0.25) is 10.0 Å². The zero-order chi connectivity index (χ0) is 14.0. The predicted octanol–water partition coefficient (Wildman–Crippen LogP) is 0.0562. The van der Waals surface area contributed by atoms with Gasteiger partial charge in [-0.25, -0.2) is 13.1 Å². The number of aryl methyl sites for hydroxylation is 1. The molecule has 7 nitrogen and oxygen atoms in total. The Hall–Kier alpha value is -0.960. The first kappa shape index (κ1) is 14.4. The number of H-pyrrole nitrogens is 1. The van der Waals surface area contributed by atoms with E-state index in [4.69, 9.17) is 9.84 Å². The molecule has 1 aromatic rings. The fourth-order valence-corrected chi connectivity index (χ4v) is 3.94. The number of aliphatic hydroxyl groups is 1. The van der Waals surface area contributed by atoms with Crippen molar-refractivity contribution in [2.45, 2.75) is 50.3 Å². The Morgan fingerprint density at radius 2 is 2.37 bits per heavy atom. The van der Waals surface area contributed by atoms with E-state index in [2.05, 4.69) is 14.9 Å². The van der Waals surface area contributed by atoms with Gasteiger partial charge >= 0.3 is 0 Å². The number of hydrogen-bond acceptors (Lipinski definition) is 5. The number of aromatic nitrogens is 2. The van der Waals surface area contributed by atoms with Crippen LogP contribution in [0.3, 0.4) is 0 Å². The lowest BCUT2D eigenvalue weighted by Crippen LogP contribution is -2.41. The number of ether oxygens (including phenoxy) is 1. The van der Waals surface area contributed by atoms with Crippen LogP contribution in [0, 0.1) is 6.92 Å². The first-order chi connectivity index (χ1) is 8.95. The summed E-state index contributed by atoms with van der Waals surface area (Å²) in [6.45, 7) is 3.64. The molecule has 0 radical (unpaired) electrons. The van der Waals surface area contributed by atoms with Crippen LogP contribution in [0.2, 0.25) is 0 Å². The Kier molecular flexibility index (Phi) is 4.24. The van der Waals surface area contributed by atoms with Gasteiger partial charge in [-0.05, 0) is 26.7 Å². The number of nitrogens with zero attached hydrogens (tertiary/aromatic N) is 1. The zero-order valence-corrected chi connectivity index (χ0v) is 11.8. The standard InChI is InChI=1S/C11H19N3O4S/c1-7(10-4-3-5-18-10)14-19(16,17)11-8(2)12-13-9(11)6-15/h7,10,14-15H,3-6H2,1-2H3,(H,12,13). The van der Waals surface area contributed by atoms with E-state index in [9.17, 15) is 8.42 Å². The lowest BCUT2D eigenvalue weighted by atomic mass is 10.1. The van der Waals surface area contributed by atoms with Gasteiger partial charge in [-0.2, -0.15) is 5.10 Å². The Balaban J connectivity index is 2.19. The molecule has 8 heteroatoms. The van der Waals surface area contributed by atoms with Crippen LogP contribution < -0.4 is 4.72 Å². The van der Waals surface area contributed by atoms with Crippen molar-refractivity contribution in [1.82, 2.24) is 14.9 Å². The predicted molar refractivity (Wildman–Crippen MR) is 68.0 cm³/mol. The average molecular weight is 289 g/mol. The van der Waals surface area contributed by atoms with E-state index < -0.39 is 16.6 Å². The highest BCUT2D eigenvalue weighted by molar-refractivity contribution is 7.89. The summed E-state index contributed by atoms with van der Waals surface area (Å²) in [5.74, 6) is 0. The van der Waals surface area contributed by atoms with Crippen molar-refractivity contribution in [1.29, 1.82) is 0 Å². The molecule has 2 atom stereocenters. The van der Waals surface area contributed by atoms with Crippen molar-refractivity contribution in [2.24, 2.45) is 0 Å². The van der Waals surface area contributed by atoms with Crippen molar-refractivity contribution in [3.63, 3.8) is 0 Å². The summed E-state index contributed by atoms with van der Waals surface area (Å²) in [7, 11) is -3.71. The summed E-state index contributed by atoms with van der Waals surface area (Å²) in [6, 6.07) is -0.312. The van der Waals surface area contributed by atoms with Crippen LogP contribution in [0.25, 0.3) is 0 Å². The topological polar surface area (TPSA) is 104 Å². The quantitative estimate of drug-likeness (QED) is 0.711. The first-order valence-corrected chi connectivity index (χ1v) is 7.72. The van der Waals surface area contributed by atoms with Crippen LogP contribution >= 0.6 is 0 Å². The third kappa shape index (κ3) is 2.97. The summed E-state index contributed by atoms with van der Waals surface area (Å²) in [5.41, 5.74) is 0.542. The molecule has 1 saturated heterocycles. The fraction of sp³-hybridized carbons (Fsp3) is 0.727. The van der Waals surface area contributed by atoms with Crippen molar-refractivity contribution in [3.8, 4) is 0 Å². The van der Waals surface area contributed by atoms with Crippen molar-refractivity contribution in [3.05, 3.63) is 11.4 Å². The Bertz CT molecular complexity index is 534. The summed E-state index contributed by atoms with van der Waals surface area (Å²) in [4.78, 5) is 0.0276. The van der Waals surface area contributed by atoms with E-state index >= 15 is 0 Å². The van der Waals surface area contributed by atoms with E-state index in [0.717, 1.165) is 12.8 Å². The molecule has 1 aromatic heterocycles. The molecule has 2 unspecified atom stereocenters. The maximum atomic E-state index is 12.3. The minimum atomic E-state index is -3.71. The van der Waals surface area contributed by atoms with Crippen molar-refractivity contribution >= 4 is 10.0 Å². The molecular formula is C11H19N3O4S. The van der Waals surface area contributed by atoms with Crippen molar-refractivity contribution in [2.75, 3.05) is 6.61 Å². The van der Waals surface area contributed by atoms with Gasteiger partial charge in [0, 0.05) is 12.6 Å². The van der Waals surface area contributed by atoms with Crippen LogP contribution in [-0.2, 0) is 21.4 Å². The maximum Gasteiger partial charge on any atom is 0.244 e. The molecule has 3 N–H and O–H groups in total. The lowest BCUT2D eigenvalue weighted by Gasteiger charge is -2.20. The van der Waals surface area contributed by atoms with Crippen LogP contribution in [0.4, 0.5) is 0 Å². The van der Waals surface area contributed by atoms with E-state index in [0.29, 0.717) is 12.3 Å². The molecule has 0 saturated carbocycles. The van der Waals surface area contributed by atoms with Gasteiger partial charge in [0.15, 0.2) is 0 Å². The molecule has 0 bridgehead atoms. The van der Waals surface area contributed by atoms with Crippen molar-refractivity contribution < 1.29 is 18.3 Å². The van der Waals surface area contributed by atoms with Gasteiger partial charge in [-0.1, -0.05) is 0 Å². The van der Waals surface area contributed by atoms with Gasteiger partial charge < -0.3 is 9.84 Å². The third-order valence-electron chi connectivity index (χ3n) is 3.24. The molecule has 1 fully saturated rings. The van der Waals surface area contributed by atoms with E-state index in [1.165, 1.54) is 0 Å². The Morgan fingerprint density at radius 3 is 2.95 bits per heavy atom. The number of nitrogens with one attached hydrogen (secondary N) is 2. The highest BCUT2D eigenvalue weighted by atomic mass is 32.2. The average Bonchev–Trinajstić information content (AvgIpc) is 2.96. The van der Waals surface area contributed by atoms with Gasteiger partial charge in [-0.15, -0.1) is 0 Å². The number of rotatable bonds is 5. The summed E-state index contributed by atoms with van der Waals surface area (Å²) in [5, 5.41) is 15.5. The molecule has 19 heavy (non-hydrogen) atoms. The molecule has 2 rings (SSSR count). The Labute approximate surface area is 112 Å². The SMILES string of the molecule is Cc1[nH]nc(CO)c1S(=O)(=O)NC(C)C1CCCO1. The number of hydrogen-bond donors (Lipinski definition) is 3. The minimum Gasteiger partial charge on any atom is -0.390 e. The van der Waals surface area contributed by atoms with E-state index in [1.54, 1.807) is 13.8 Å². The summed E-state index contributed by atoms with van der Waals surface area (Å²) in [6.07, 6.45) is 1.70.